The number of nitrogens with zero attached hydrogens (tertiary/aromatic N) is 1. The minimum absolute atomic E-state index is 0.739. The molecule has 0 bridgehead atoms. The number of benzene rings is 8. The second kappa shape index (κ2) is 9.58. The molecule has 8 aromatic rings. The Morgan fingerprint density at radius 2 is 1.00 bits per heavy atom. The Labute approximate surface area is 256 Å². The maximum absolute atomic E-state index is 6.34. The van der Waals surface area contributed by atoms with Gasteiger partial charge in [0.15, 0.2) is 0 Å². The van der Waals surface area contributed by atoms with Crippen LogP contribution in [0.3, 0.4) is 0 Å². The van der Waals surface area contributed by atoms with Crippen molar-refractivity contribution in [2.45, 2.75) is 0 Å². The van der Waals surface area contributed by atoms with E-state index >= 15 is 0 Å². The van der Waals surface area contributed by atoms with Gasteiger partial charge in [-0.15, -0.1) is 0 Å². The van der Waals surface area contributed by atoms with E-state index in [2.05, 4.69) is 150 Å². The first-order valence-electron chi connectivity index (χ1n) is 15.1. The average Bonchev–Trinajstić information content (AvgIpc) is 3.39. The van der Waals surface area contributed by atoms with E-state index in [-0.39, 0.29) is 0 Å². The summed E-state index contributed by atoms with van der Waals surface area (Å²) in [6.45, 7) is 0. The highest BCUT2D eigenvalue weighted by molar-refractivity contribution is 6.16. The molecule has 2 heteroatoms. The van der Waals surface area contributed by atoms with Crippen molar-refractivity contribution < 1.29 is 0 Å². The van der Waals surface area contributed by atoms with Crippen molar-refractivity contribution in [3.05, 3.63) is 158 Å². The van der Waals surface area contributed by atoms with Gasteiger partial charge >= 0.3 is 0 Å². The molecule has 0 aliphatic heterocycles. The molecule has 0 aromatic heterocycles. The molecule has 0 spiro atoms. The van der Waals surface area contributed by atoms with Crippen molar-refractivity contribution in [2.24, 2.45) is 0 Å². The number of nitrogen functional groups attached to an aromatic ring is 1. The van der Waals surface area contributed by atoms with Crippen LogP contribution in [-0.2, 0) is 0 Å². The molecule has 8 aromatic carbocycles. The van der Waals surface area contributed by atoms with E-state index in [4.69, 9.17) is 5.73 Å². The number of hydrogen-bond acceptors (Lipinski definition) is 2. The van der Waals surface area contributed by atoms with E-state index in [1.54, 1.807) is 0 Å². The van der Waals surface area contributed by atoms with E-state index in [0.717, 1.165) is 22.7 Å². The van der Waals surface area contributed by atoms with Crippen LogP contribution in [0.15, 0.2) is 158 Å². The minimum Gasteiger partial charge on any atom is -0.399 e. The zero-order valence-corrected chi connectivity index (χ0v) is 24.0. The molecule has 44 heavy (non-hydrogen) atoms. The fourth-order valence-electron chi connectivity index (χ4n) is 7.04. The molecule has 0 amide bonds. The number of fused-ring (bicyclic) bond motifs is 6. The molecule has 0 heterocycles. The third-order valence-corrected chi connectivity index (χ3v) is 9.06. The molecule has 0 unspecified atom stereocenters. The molecule has 2 nitrogen and oxygen atoms in total. The van der Waals surface area contributed by atoms with Gasteiger partial charge in [-0.05, 0) is 114 Å². The molecule has 0 atom stereocenters. The summed E-state index contributed by atoms with van der Waals surface area (Å²) >= 11 is 0. The summed E-state index contributed by atoms with van der Waals surface area (Å²) in [6, 6.07) is 56.9. The highest BCUT2D eigenvalue weighted by atomic mass is 15.1. The Bertz CT molecular complexity index is 2410. The predicted octanol–water partition coefficient (Wildman–Crippen LogP) is 11.5. The molecule has 1 aliphatic carbocycles. The van der Waals surface area contributed by atoms with Gasteiger partial charge in [-0.1, -0.05) is 109 Å². The van der Waals surface area contributed by atoms with Crippen molar-refractivity contribution in [1.29, 1.82) is 0 Å². The van der Waals surface area contributed by atoms with Gasteiger partial charge in [-0.25, -0.2) is 0 Å². The molecular weight excluding hydrogens is 532 g/mol. The van der Waals surface area contributed by atoms with E-state index in [0.29, 0.717) is 0 Å². The van der Waals surface area contributed by atoms with Gasteiger partial charge in [0, 0.05) is 22.7 Å². The normalized spacial score (nSPS) is 11.7. The van der Waals surface area contributed by atoms with E-state index in [1.807, 2.05) is 12.1 Å². The Balaban J connectivity index is 1.21. The van der Waals surface area contributed by atoms with Crippen LogP contribution in [0.1, 0.15) is 0 Å². The molecule has 0 saturated heterocycles. The molecular formula is C42H28N2. The van der Waals surface area contributed by atoms with E-state index < -0.39 is 0 Å². The van der Waals surface area contributed by atoms with Gasteiger partial charge in [-0.3, -0.25) is 0 Å². The molecule has 1 aliphatic rings. The summed E-state index contributed by atoms with van der Waals surface area (Å²) in [5.41, 5.74) is 17.8. The molecule has 2 N–H and O–H groups in total. The fraction of sp³-hybridized carbons (Fsp3) is 0. The van der Waals surface area contributed by atoms with Gasteiger partial charge in [0.1, 0.15) is 0 Å². The third-order valence-electron chi connectivity index (χ3n) is 9.06. The van der Waals surface area contributed by atoms with Gasteiger partial charge in [0.05, 0.1) is 0 Å². The standard InChI is InChI=1S/C42H28N2/c43-32-11-6-13-34(25-32)44(35-21-22-37-38-15-4-8-29-9-5-16-39(42(29)38)41(37)26-35)33-12-3-10-30(23-33)31-20-19-28-18-17-27-7-1-2-14-36(27)40(28)24-31/h1-26H,43H2. The first-order valence-corrected chi connectivity index (χ1v) is 15.1. The Morgan fingerprint density at radius 1 is 0.364 bits per heavy atom. The average molecular weight is 561 g/mol. The van der Waals surface area contributed by atoms with Crippen molar-refractivity contribution in [1.82, 2.24) is 0 Å². The molecule has 9 rings (SSSR count). The topological polar surface area (TPSA) is 29.3 Å². The number of rotatable bonds is 4. The Morgan fingerprint density at radius 3 is 1.84 bits per heavy atom. The number of nitrogens with two attached hydrogens (primary N) is 1. The summed E-state index contributed by atoms with van der Waals surface area (Å²) in [5.74, 6) is 0. The van der Waals surface area contributed by atoms with Gasteiger partial charge in [0.25, 0.3) is 0 Å². The summed E-state index contributed by atoms with van der Waals surface area (Å²) in [7, 11) is 0. The molecule has 206 valence electrons. The lowest BCUT2D eigenvalue weighted by Gasteiger charge is -2.27. The van der Waals surface area contributed by atoms with E-state index in [1.165, 1.54) is 65.7 Å². The SMILES string of the molecule is Nc1cccc(N(c2cccc(-c3ccc4ccc5ccccc5c4c3)c2)c2ccc3c(c2)-c2cccc4cccc-3c24)c1. The molecule has 0 radical (unpaired) electrons. The van der Waals surface area contributed by atoms with Crippen LogP contribution in [-0.4, -0.2) is 0 Å². The summed E-state index contributed by atoms with van der Waals surface area (Å²) < 4.78 is 0. The zero-order chi connectivity index (χ0) is 29.2. The lowest BCUT2D eigenvalue weighted by atomic mass is 9.97. The largest absolute Gasteiger partial charge is 0.399 e. The molecule has 0 saturated carbocycles. The van der Waals surface area contributed by atoms with Crippen LogP contribution in [0.5, 0.6) is 0 Å². The smallest absolute Gasteiger partial charge is 0.0482 e. The van der Waals surface area contributed by atoms with Crippen LogP contribution < -0.4 is 10.6 Å². The van der Waals surface area contributed by atoms with Crippen molar-refractivity contribution in [3.63, 3.8) is 0 Å². The third kappa shape index (κ3) is 3.82. The van der Waals surface area contributed by atoms with Crippen molar-refractivity contribution in [2.75, 3.05) is 10.6 Å². The summed E-state index contributed by atoms with van der Waals surface area (Å²) in [6.07, 6.45) is 0. The van der Waals surface area contributed by atoms with Crippen molar-refractivity contribution in [3.8, 4) is 33.4 Å². The van der Waals surface area contributed by atoms with Crippen LogP contribution in [0.2, 0.25) is 0 Å². The predicted molar refractivity (Wildman–Crippen MR) is 188 cm³/mol. The quantitative estimate of drug-likeness (QED) is 0.171. The summed E-state index contributed by atoms with van der Waals surface area (Å²) in [5, 5.41) is 7.67. The first-order chi connectivity index (χ1) is 21.7. The van der Waals surface area contributed by atoms with Crippen LogP contribution in [0.25, 0.3) is 65.7 Å². The van der Waals surface area contributed by atoms with E-state index in [9.17, 15) is 0 Å². The number of hydrogen-bond donors (Lipinski definition) is 1. The molecule has 0 fully saturated rings. The maximum atomic E-state index is 6.34. The second-order valence-corrected chi connectivity index (χ2v) is 11.6. The van der Waals surface area contributed by atoms with Gasteiger partial charge in [0.2, 0.25) is 0 Å². The lowest BCUT2D eigenvalue weighted by molar-refractivity contribution is 1.29. The van der Waals surface area contributed by atoms with Crippen LogP contribution >= 0.6 is 0 Å². The monoisotopic (exact) mass is 560 g/mol. The van der Waals surface area contributed by atoms with Crippen LogP contribution in [0.4, 0.5) is 22.7 Å². The number of anilines is 4. The van der Waals surface area contributed by atoms with Gasteiger partial charge < -0.3 is 10.6 Å². The Kier molecular flexibility index (Phi) is 5.38. The summed E-state index contributed by atoms with van der Waals surface area (Å²) in [4.78, 5) is 2.32. The Hall–Kier alpha value is -5.86. The second-order valence-electron chi connectivity index (χ2n) is 11.6. The van der Waals surface area contributed by atoms with Crippen LogP contribution in [0, 0.1) is 0 Å². The highest BCUT2D eigenvalue weighted by Gasteiger charge is 2.23. The maximum Gasteiger partial charge on any atom is 0.0482 e. The lowest BCUT2D eigenvalue weighted by Crippen LogP contribution is -2.10. The zero-order valence-electron chi connectivity index (χ0n) is 24.0. The highest BCUT2D eigenvalue weighted by Crippen LogP contribution is 2.49. The van der Waals surface area contributed by atoms with Gasteiger partial charge in [-0.2, -0.15) is 0 Å². The first kappa shape index (κ1) is 24.7. The van der Waals surface area contributed by atoms with Crippen molar-refractivity contribution >= 4 is 55.1 Å². The minimum atomic E-state index is 0.739. The fourth-order valence-corrected chi connectivity index (χ4v) is 7.04.